The normalized spacial score (nSPS) is 19.2. The molecule has 0 saturated carbocycles. The van der Waals surface area contributed by atoms with E-state index in [1.165, 1.54) is 0 Å². The van der Waals surface area contributed by atoms with Crippen LogP contribution in [0.15, 0.2) is 18.5 Å². The lowest BCUT2D eigenvalue weighted by Gasteiger charge is -2.35. The van der Waals surface area contributed by atoms with E-state index in [4.69, 9.17) is 4.74 Å². The SMILES string of the molecule is CCOC(=O)C[C@@H]1CCCCN1C(=O)c1cc[nH]c1. The van der Waals surface area contributed by atoms with E-state index in [2.05, 4.69) is 4.98 Å². The maximum atomic E-state index is 12.4. The largest absolute Gasteiger partial charge is 0.466 e. The van der Waals surface area contributed by atoms with Crippen molar-refractivity contribution < 1.29 is 14.3 Å². The first kappa shape index (κ1) is 13.6. The van der Waals surface area contributed by atoms with E-state index in [1.54, 1.807) is 25.4 Å². The van der Waals surface area contributed by atoms with Crippen molar-refractivity contribution in [3.8, 4) is 0 Å². The van der Waals surface area contributed by atoms with Crippen molar-refractivity contribution in [3.05, 3.63) is 24.0 Å². The molecule has 1 amide bonds. The van der Waals surface area contributed by atoms with Crippen LogP contribution in [0.25, 0.3) is 0 Å². The molecule has 0 spiro atoms. The Morgan fingerprint density at radius 2 is 2.32 bits per heavy atom. The quantitative estimate of drug-likeness (QED) is 0.846. The first-order valence-corrected chi connectivity index (χ1v) is 6.81. The van der Waals surface area contributed by atoms with Gasteiger partial charge in [-0.05, 0) is 32.3 Å². The molecule has 104 valence electrons. The van der Waals surface area contributed by atoms with E-state index in [9.17, 15) is 9.59 Å². The number of H-pyrrole nitrogens is 1. The molecule has 1 aliphatic heterocycles. The smallest absolute Gasteiger partial charge is 0.307 e. The lowest BCUT2D eigenvalue weighted by molar-refractivity contribution is -0.144. The number of aromatic nitrogens is 1. The molecule has 0 unspecified atom stereocenters. The Kier molecular flexibility index (Phi) is 4.60. The Labute approximate surface area is 112 Å². The highest BCUT2D eigenvalue weighted by Gasteiger charge is 2.29. The highest BCUT2D eigenvalue weighted by atomic mass is 16.5. The summed E-state index contributed by atoms with van der Waals surface area (Å²) in [6.07, 6.45) is 6.64. The number of esters is 1. The van der Waals surface area contributed by atoms with E-state index in [0.717, 1.165) is 19.3 Å². The maximum Gasteiger partial charge on any atom is 0.307 e. The van der Waals surface area contributed by atoms with E-state index >= 15 is 0 Å². The lowest BCUT2D eigenvalue weighted by atomic mass is 9.98. The van der Waals surface area contributed by atoms with Crippen LogP contribution in [0.1, 0.15) is 43.0 Å². The summed E-state index contributed by atoms with van der Waals surface area (Å²) in [7, 11) is 0. The van der Waals surface area contributed by atoms with Crippen LogP contribution in [0.5, 0.6) is 0 Å². The summed E-state index contributed by atoms with van der Waals surface area (Å²) in [6.45, 7) is 2.90. The zero-order chi connectivity index (χ0) is 13.7. The molecule has 2 heterocycles. The monoisotopic (exact) mass is 264 g/mol. The second-order valence-electron chi connectivity index (χ2n) is 4.76. The lowest BCUT2D eigenvalue weighted by Crippen LogP contribution is -2.44. The molecule has 1 fully saturated rings. The van der Waals surface area contributed by atoms with Gasteiger partial charge in [0, 0.05) is 25.0 Å². The Morgan fingerprint density at radius 1 is 1.47 bits per heavy atom. The minimum Gasteiger partial charge on any atom is -0.466 e. The summed E-state index contributed by atoms with van der Waals surface area (Å²) in [5.74, 6) is -0.225. The highest BCUT2D eigenvalue weighted by molar-refractivity contribution is 5.94. The third-order valence-electron chi connectivity index (χ3n) is 3.44. The topological polar surface area (TPSA) is 62.4 Å². The first-order valence-electron chi connectivity index (χ1n) is 6.81. The third kappa shape index (κ3) is 3.36. The number of likely N-dealkylation sites (tertiary alicyclic amines) is 1. The number of nitrogens with one attached hydrogen (secondary N) is 1. The molecule has 5 nitrogen and oxygen atoms in total. The van der Waals surface area contributed by atoms with Crippen LogP contribution in [0.3, 0.4) is 0 Å². The number of ether oxygens (including phenoxy) is 1. The number of piperidine rings is 1. The molecule has 1 aromatic rings. The van der Waals surface area contributed by atoms with Gasteiger partial charge in [0.15, 0.2) is 0 Å². The number of carbonyl (C=O) groups excluding carboxylic acids is 2. The Bertz CT molecular complexity index is 428. The van der Waals surface area contributed by atoms with Crippen molar-refractivity contribution in [2.45, 2.75) is 38.6 Å². The van der Waals surface area contributed by atoms with Gasteiger partial charge < -0.3 is 14.6 Å². The zero-order valence-electron chi connectivity index (χ0n) is 11.2. The van der Waals surface area contributed by atoms with Crippen molar-refractivity contribution in [3.63, 3.8) is 0 Å². The average molecular weight is 264 g/mol. The van der Waals surface area contributed by atoms with E-state index in [0.29, 0.717) is 25.1 Å². The first-order chi connectivity index (χ1) is 9.22. The van der Waals surface area contributed by atoms with Crippen LogP contribution < -0.4 is 0 Å². The van der Waals surface area contributed by atoms with E-state index < -0.39 is 0 Å². The van der Waals surface area contributed by atoms with E-state index in [-0.39, 0.29) is 17.9 Å². The van der Waals surface area contributed by atoms with Crippen LogP contribution in [-0.4, -0.2) is 41.0 Å². The number of hydrogen-bond donors (Lipinski definition) is 1. The summed E-state index contributed by atoms with van der Waals surface area (Å²) in [5, 5.41) is 0. The summed E-state index contributed by atoms with van der Waals surface area (Å²) < 4.78 is 4.98. The zero-order valence-corrected chi connectivity index (χ0v) is 11.2. The minimum atomic E-state index is -0.221. The van der Waals surface area contributed by atoms with E-state index in [1.807, 2.05) is 4.90 Å². The predicted octanol–water partition coefficient (Wildman–Crippen LogP) is 1.96. The Morgan fingerprint density at radius 3 is 3.00 bits per heavy atom. The molecule has 2 rings (SSSR count). The van der Waals surface area contributed by atoms with Crippen molar-refractivity contribution in [1.82, 2.24) is 9.88 Å². The van der Waals surface area contributed by atoms with Crippen LogP contribution in [0.4, 0.5) is 0 Å². The Balaban J connectivity index is 2.03. The van der Waals surface area contributed by atoms with Gasteiger partial charge in [0.25, 0.3) is 5.91 Å². The van der Waals surface area contributed by atoms with Crippen molar-refractivity contribution in [2.24, 2.45) is 0 Å². The number of rotatable bonds is 4. The van der Waals surface area contributed by atoms with Crippen LogP contribution >= 0.6 is 0 Å². The van der Waals surface area contributed by atoms with Crippen molar-refractivity contribution in [1.29, 1.82) is 0 Å². The predicted molar refractivity (Wildman–Crippen MR) is 70.7 cm³/mol. The fourth-order valence-electron chi connectivity index (χ4n) is 2.52. The van der Waals surface area contributed by atoms with Gasteiger partial charge in [-0.25, -0.2) is 0 Å². The molecular formula is C14H20N2O3. The van der Waals surface area contributed by atoms with Crippen molar-refractivity contribution in [2.75, 3.05) is 13.2 Å². The molecule has 1 aliphatic rings. The van der Waals surface area contributed by atoms with Gasteiger partial charge in [0.1, 0.15) is 0 Å². The molecule has 5 heteroatoms. The fourth-order valence-corrected chi connectivity index (χ4v) is 2.52. The van der Waals surface area contributed by atoms with Gasteiger partial charge in [0.05, 0.1) is 18.6 Å². The molecule has 1 N–H and O–H groups in total. The number of carbonyl (C=O) groups is 2. The van der Waals surface area contributed by atoms with Crippen LogP contribution in [-0.2, 0) is 9.53 Å². The molecule has 1 atom stereocenters. The van der Waals surface area contributed by atoms with Gasteiger partial charge in [0.2, 0.25) is 0 Å². The standard InChI is InChI=1S/C14H20N2O3/c1-2-19-13(17)9-12-5-3-4-8-16(12)14(18)11-6-7-15-10-11/h6-7,10,12,15H,2-5,8-9H2,1H3/t12-/m0/s1. The summed E-state index contributed by atoms with van der Waals surface area (Å²) >= 11 is 0. The molecule has 0 radical (unpaired) electrons. The number of hydrogen-bond acceptors (Lipinski definition) is 3. The van der Waals surface area contributed by atoms with Gasteiger partial charge in [-0.2, -0.15) is 0 Å². The highest BCUT2D eigenvalue weighted by Crippen LogP contribution is 2.22. The molecule has 1 saturated heterocycles. The Hall–Kier alpha value is -1.78. The second kappa shape index (κ2) is 6.41. The maximum absolute atomic E-state index is 12.4. The van der Waals surface area contributed by atoms with Gasteiger partial charge in [-0.15, -0.1) is 0 Å². The molecule has 0 aromatic carbocycles. The number of amides is 1. The number of aromatic amines is 1. The summed E-state index contributed by atoms with van der Waals surface area (Å²) in [6, 6.07) is 1.73. The van der Waals surface area contributed by atoms with Gasteiger partial charge in [-0.1, -0.05) is 0 Å². The molecule has 0 bridgehead atoms. The van der Waals surface area contributed by atoms with Gasteiger partial charge >= 0.3 is 5.97 Å². The average Bonchev–Trinajstić information content (AvgIpc) is 2.93. The fraction of sp³-hybridized carbons (Fsp3) is 0.571. The molecule has 1 aromatic heterocycles. The minimum absolute atomic E-state index is 0.00440. The second-order valence-corrected chi connectivity index (χ2v) is 4.76. The van der Waals surface area contributed by atoms with Crippen LogP contribution in [0, 0.1) is 0 Å². The van der Waals surface area contributed by atoms with Crippen LogP contribution in [0.2, 0.25) is 0 Å². The number of nitrogens with zero attached hydrogens (tertiary/aromatic N) is 1. The third-order valence-corrected chi connectivity index (χ3v) is 3.44. The van der Waals surface area contributed by atoms with Gasteiger partial charge in [-0.3, -0.25) is 9.59 Å². The molecular weight excluding hydrogens is 244 g/mol. The molecule has 0 aliphatic carbocycles. The molecule has 19 heavy (non-hydrogen) atoms. The summed E-state index contributed by atoms with van der Waals surface area (Å²) in [5.41, 5.74) is 0.649. The summed E-state index contributed by atoms with van der Waals surface area (Å²) in [4.78, 5) is 28.7. The van der Waals surface area contributed by atoms with Crippen molar-refractivity contribution >= 4 is 11.9 Å².